The highest BCUT2D eigenvalue weighted by Crippen LogP contribution is 2.22. The zero-order valence-corrected chi connectivity index (χ0v) is 14.2. The van der Waals surface area contributed by atoms with Crippen LogP contribution in [-0.4, -0.2) is 31.1 Å². The van der Waals surface area contributed by atoms with E-state index in [4.69, 9.17) is 21.1 Å². The van der Waals surface area contributed by atoms with Gasteiger partial charge in [0.05, 0.1) is 7.11 Å². The summed E-state index contributed by atoms with van der Waals surface area (Å²) >= 11 is 5.88. The van der Waals surface area contributed by atoms with Crippen molar-refractivity contribution in [3.8, 4) is 5.75 Å². The summed E-state index contributed by atoms with van der Waals surface area (Å²) in [5.41, 5.74) is 0.834. The van der Waals surface area contributed by atoms with Crippen LogP contribution in [0.3, 0.4) is 0 Å². The first-order valence-corrected chi connectivity index (χ1v) is 7.45. The van der Waals surface area contributed by atoms with E-state index in [1.54, 1.807) is 25.1 Å². The Bertz CT molecular complexity index is 545. The van der Waals surface area contributed by atoms with Gasteiger partial charge in [-0.25, -0.2) is 4.79 Å². The Kier molecular flexibility index (Phi) is 6.68. The molecular formula is C16H22ClNO4. The summed E-state index contributed by atoms with van der Waals surface area (Å²) in [5.74, 6) is -0.358. The average Bonchev–Trinajstić information content (AvgIpc) is 2.46. The number of hydrogen-bond donors (Lipinski definition) is 1. The van der Waals surface area contributed by atoms with Gasteiger partial charge in [0.1, 0.15) is 11.8 Å². The molecule has 0 spiro atoms. The number of esters is 1. The maximum absolute atomic E-state index is 12.2. The molecule has 0 aliphatic heterocycles. The van der Waals surface area contributed by atoms with Gasteiger partial charge in [0.15, 0.2) is 6.10 Å². The quantitative estimate of drug-likeness (QED) is 0.816. The van der Waals surface area contributed by atoms with Crippen molar-refractivity contribution in [2.75, 3.05) is 7.11 Å². The summed E-state index contributed by atoms with van der Waals surface area (Å²) in [6, 6.07) is 4.46. The van der Waals surface area contributed by atoms with Crippen molar-refractivity contribution in [1.82, 2.24) is 5.32 Å². The van der Waals surface area contributed by atoms with Crippen LogP contribution in [0.25, 0.3) is 0 Å². The van der Waals surface area contributed by atoms with E-state index in [0.717, 1.165) is 5.56 Å². The van der Waals surface area contributed by atoms with E-state index in [-0.39, 0.29) is 11.8 Å². The van der Waals surface area contributed by atoms with E-state index in [0.29, 0.717) is 10.8 Å². The van der Waals surface area contributed by atoms with Crippen molar-refractivity contribution in [2.24, 2.45) is 5.92 Å². The third-order valence-electron chi connectivity index (χ3n) is 3.23. The number of hydrogen-bond acceptors (Lipinski definition) is 4. The summed E-state index contributed by atoms with van der Waals surface area (Å²) in [6.07, 6.45) is -0.745. The van der Waals surface area contributed by atoms with E-state index in [2.05, 4.69) is 5.32 Å². The Balaban J connectivity index is 2.73. The summed E-state index contributed by atoms with van der Waals surface area (Å²) in [6.45, 7) is 7.13. The maximum atomic E-state index is 12.2. The fourth-order valence-electron chi connectivity index (χ4n) is 1.88. The Hall–Kier alpha value is -1.75. The number of ether oxygens (including phenoxy) is 2. The Labute approximate surface area is 135 Å². The number of aryl methyl sites for hydroxylation is 1. The highest BCUT2D eigenvalue weighted by atomic mass is 35.5. The van der Waals surface area contributed by atoms with Gasteiger partial charge in [-0.3, -0.25) is 4.79 Å². The van der Waals surface area contributed by atoms with Crippen LogP contribution in [0.2, 0.25) is 5.02 Å². The van der Waals surface area contributed by atoms with Crippen molar-refractivity contribution in [2.45, 2.75) is 39.8 Å². The van der Waals surface area contributed by atoms with Gasteiger partial charge >= 0.3 is 5.97 Å². The van der Waals surface area contributed by atoms with Crippen molar-refractivity contribution >= 4 is 23.5 Å². The van der Waals surface area contributed by atoms with E-state index >= 15 is 0 Å². The van der Waals surface area contributed by atoms with E-state index in [1.165, 1.54) is 7.11 Å². The van der Waals surface area contributed by atoms with E-state index in [9.17, 15) is 9.59 Å². The molecule has 6 heteroatoms. The molecule has 0 saturated heterocycles. The molecule has 0 aliphatic carbocycles. The van der Waals surface area contributed by atoms with Gasteiger partial charge in [-0.05, 0) is 43.5 Å². The van der Waals surface area contributed by atoms with E-state index < -0.39 is 18.1 Å². The number of benzene rings is 1. The molecule has 1 rings (SSSR count). The van der Waals surface area contributed by atoms with Crippen molar-refractivity contribution in [3.05, 3.63) is 28.8 Å². The lowest BCUT2D eigenvalue weighted by atomic mass is 10.0. The van der Waals surface area contributed by atoms with E-state index in [1.807, 2.05) is 20.8 Å². The van der Waals surface area contributed by atoms with Crippen LogP contribution in [0, 0.1) is 12.8 Å². The second-order valence-corrected chi connectivity index (χ2v) is 5.86. The van der Waals surface area contributed by atoms with Gasteiger partial charge in [0.2, 0.25) is 0 Å². The fraction of sp³-hybridized carbons (Fsp3) is 0.500. The molecule has 122 valence electrons. The molecule has 1 amide bonds. The van der Waals surface area contributed by atoms with Gasteiger partial charge in [0, 0.05) is 5.02 Å². The number of halogens is 1. The Morgan fingerprint density at radius 2 is 1.86 bits per heavy atom. The van der Waals surface area contributed by atoms with Crippen molar-refractivity contribution < 1.29 is 19.1 Å². The largest absolute Gasteiger partial charge is 0.481 e. The van der Waals surface area contributed by atoms with Gasteiger partial charge in [-0.15, -0.1) is 0 Å². The fourth-order valence-corrected chi connectivity index (χ4v) is 2.11. The molecule has 0 saturated carbocycles. The second-order valence-electron chi connectivity index (χ2n) is 5.42. The number of amides is 1. The molecule has 0 heterocycles. The van der Waals surface area contributed by atoms with Crippen LogP contribution < -0.4 is 10.1 Å². The molecule has 5 nitrogen and oxygen atoms in total. The first kappa shape index (κ1) is 18.3. The number of methoxy groups -OCH3 is 1. The molecule has 22 heavy (non-hydrogen) atoms. The topological polar surface area (TPSA) is 64.6 Å². The number of nitrogens with one attached hydrogen (secondary N) is 1. The van der Waals surface area contributed by atoms with Crippen LogP contribution in [-0.2, 0) is 14.3 Å². The molecule has 1 aromatic rings. The monoisotopic (exact) mass is 327 g/mol. The SMILES string of the molecule is COC(=O)[C@@H](NC(=O)[C@@H](C)Oc1ccc(Cl)cc1C)C(C)C. The normalized spacial score (nSPS) is 13.4. The number of carbonyl (C=O) groups is 2. The zero-order chi connectivity index (χ0) is 16.9. The molecule has 2 atom stereocenters. The minimum Gasteiger partial charge on any atom is -0.481 e. The van der Waals surface area contributed by atoms with Crippen LogP contribution in [0.15, 0.2) is 18.2 Å². The zero-order valence-electron chi connectivity index (χ0n) is 13.5. The minimum atomic E-state index is -0.745. The maximum Gasteiger partial charge on any atom is 0.328 e. The highest BCUT2D eigenvalue weighted by Gasteiger charge is 2.27. The number of rotatable bonds is 6. The minimum absolute atomic E-state index is 0.0825. The van der Waals surface area contributed by atoms with Crippen LogP contribution in [0.1, 0.15) is 26.3 Å². The predicted octanol–water partition coefficient (Wildman–Crippen LogP) is 2.73. The molecule has 0 aromatic heterocycles. The molecule has 1 aromatic carbocycles. The Morgan fingerprint density at radius 1 is 1.23 bits per heavy atom. The summed E-state index contributed by atoms with van der Waals surface area (Å²) in [4.78, 5) is 23.9. The van der Waals surface area contributed by atoms with Crippen molar-refractivity contribution in [3.63, 3.8) is 0 Å². The lowest BCUT2D eigenvalue weighted by Gasteiger charge is -2.22. The van der Waals surface area contributed by atoms with Crippen LogP contribution in [0.5, 0.6) is 5.75 Å². The van der Waals surface area contributed by atoms with Gasteiger partial charge < -0.3 is 14.8 Å². The average molecular weight is 328 g/mol. The third-order valence-corrected chi connectivity index (χ3v) is 3.46. The summed E-state index contributed by atoms with van der Waals surface area (Å²) < 4.78 is 10.3. The van der Waals surface area contributed by atoms with Crippen LogP contribution >= 0.6 is 11.6 Å². The second kappa shape index (κ2) is 8.03. The van der Waals surface area contributed by atoms with Gasteiger partial charge in [0.25, 0.3) is 5.91 Å². The summed E-state index contributed by atoms with van der Waals surface area (Å²) in [5, 5.41) is 3.26. The molecule has 0 fully saturated rings. The van der Waals surface area contributed by atoms with Crippen LogP contribution in [0.4, 0.5) is 0 Å². The van der Waals surface area contributed by atoms with Gasteiger partial charge in [-0.1, -0.05) is 25.4 Å². The first-order valence-electron chi connectivity index (χ1n) is 7.07. The molecule has 0 bridgehead atoms. The molecule has 0 aliphatic rings. The Morgan fingerprint density at radius 3 is 2.36 bits per heavy atom. The lowest BCUT2D eigenvalue weighted by Crippen LogP contribution is -2.49. The molecule has 1 N–H and O–H groups in total. The third kappa shape index (κ3) is 4.91. The number of carbonyl (C=O) groups excluding carboxylic acids is 2. The summed E-state index contributed by atoms with van der Waals surface area (Å²) in [7, 11) is 1.29. The van der Waals surface area contributed by atoms with Crippen molar-refractivity contribution in [1.29, 1.82) is 0 Å². The first-order chi connectivity index (χ1) is 10.3. The molecule has 0 unspecified atom stereocenters. The molecule has 0 radical (unpaired) electrons. The predicted molar refractivity (Wildman–Crippen MR) is 85.1 cm³/mol. The lowest BCUT2D eigenvalue weighted by molar-refractivity contribution is -0.147. The standard InChI is InChI=1S/C16H22ClNO4/c1-9(2)14(16(20)21-5)18-15(19)11(4)22-13-7-6-12(17)8-10(13)3/h6-9,11,14H,1-5H3,(H,18,19)/t11-,14+/m1/s1. The molecular weight excluding hydrogens is 306 g/mol. The highest BCUT2D eigenvalue weighted by molar-refractivity contribution is 6.30. The smallest absolute Gasteiger partial charge is 0.328 e. The van der Waals surface area contributed by atoms with Gasteiger partial charge in [-0.2, -0.15) is 0 Å².